The van der Waals surface area contributed by atoms with Crippen LogP contribution in [0.15, 0.2) is 41.1 Å². The fourth-order valence-electron chi connectivity index (χ4n) is 2.52. The Morgan fingerprint density at radius 3 is 2.83 bits per heavy atom. The van der Waals surface area contributed by atoms with Gasteiger partial charge in [-0.05, 0) is 60.2 Å². The Kier molecular flexibility index (Phi) is 7.58. The standard InChI is InChI=1S/C18H24N2O3S/c1-2-23-17-6-4-3-5-16(17)20-18(22)19-10-7-14(8-11-21)15-9-12-24-13-15/h3-6,9,12-14,21H,2,7-8,10-11H2,1H3,(H2,19,20,22). The van der Waals surface area contributed by atoms with E-state index >= 15 is 0 Å². The molecule has 0 aliphatic rings. The molecule has 0 spiro atoms. The van der Waals surface area contributed by atoms with Crippen LogP contribution in [0, 0.1) is 0 Å². The number of hydrogen-bond acceptors (Lipinski definition) is 4. The number of aliphatic hydroxyl groups excluding tert-OH is 1. The summed E-state index contributed by atoms with van der Waals surface area (Å²) in [4.78, 5) is 12.1. The van der Waals surface area contributed by atoms with E-state index in [0.717, 1.165) is 6.42 Å². The fraction of sp³-hybridized carbons (Fsp3) is 0.389. The molecule has 0 fully saturated rings. The van der Waals surface area contributed by atoms with Gasteiger partial charge in [0, 0.05) is 13.2 Å². The Morgan fingerprint density at radius 2 is 2.12 bits per heavy atom. The molecule has 1 aromatic carbocycles. The second-order valence-corrected chi connectivity index (χ2v) is 6.14. The van der Waals surface area contributed by atoms with E-state index in [0.29, 0.717) is 31.0 Å². The van der Waals surface area contributed by atoms with Gasteiger partial charge in [-0.3, -0.25) is 0 Å². The molecule has 0 bridgehead atoms. The number of rotatable bonds is 9. The summed E-state index contributed by atoms with van der Waals surface area (Å²) >= 11 is 1.65. The van der Waals surface area contributed by atoms with Crippen LogP contribution in [0.2, 0.25) is 0 Å². The second kappa shape index (κ2) is 9.95. The number of para-hydroxylation sites is 2. The zero-order chi connectivity index (χ0) is 17.2. The lowest BCUT2D eigenvalue weighted by Gasteiger charge is -2.16. The molecule has 6 heteroatoms. The highest BCUT2D eigenvalue weighted by atomic mass is 32.1. The molecule has 1 unspecified atom stereocenters. The SMILES string of the molecule is CCOc1ccccc1NC(=O)NCCC(CCO)c1ccsc1. The van der Waals surface area contributed by atoms with Crippen molar-refractivity contribution < 1.29 is 14.6 Å². The molecule has 3 N–H and O–H groups in total. The Bertz CT molecular complexity index is 616. The molecule has 0 radical (unpaired) electrons. The average Bonchev–Trinajstić information content (AvgIpc) is 3.10. The highest BCUT2D eigenvalue weighted by molar-refractivity contribution is 7.07. The number of benzene rings is 1. The maximum Gasteiger partial charge on any atom is 0.319 e. The molecule has 2 rings (SSSR count). The van der Waals surface area contributed by atoms with Crippen LogP contribution in [-0.4, -0.2) is 30.9 Å². The third kappa shape index (κ3) is 5.54. The van der Waals surface area contributed by atoms with Gasteiger partial charge < -0.3 is 20.5 Å². The van der Waals surface area contributed by atoms with Gasteiger partial charge in [-0.15, -0.1) is 0 Å². The number of anilines is 1. The van der Waals surface area contributed by atoms with E-state index in [1.165, 1.54) is 5.56 Å². The van der Waals surface area contributed by atoms with Crippen LogP contribution in [0.1, 0.15) is 31.2 Å². The summed E-state index contributed by atoms with van der Waals surface area (Å²) in [5.74, 6) is 0.920. The number of amides is 2. The summed E-state index contributed by atoms with van der Waals surface area (Å²) < 4.78 is 5.49. The molecule has 130 valence electrons. The number of ether oxygens (including phenoxy) is 1. The van der Waals surface area contributed by atoms with Crippen LogP contribution in [-0.2, 0) is 0 Å². The lowest BCUT2D eigenvalue weighted by Crippen LogP contribution is -2.30. The third-order valence-corrected chi connectivity index (χ3v) is 4.41. The van der Waals surface area contributed by atoms with Crippen LogP contribution in [0.3, 0.4) is 0 Å². The minimum Gasteiger partial charge on any atom is -0.492 e. The minimum absolute atomic E-state index is 0.147. The number of nitrogens with one attached hydrogen (secondary N) is 2. The molecule has 5 nitrogen and oxygen atoms in total. The molecule has 2 aromatic rings. The predicted molar refractivity (Wildman–Crippen MR) is 98.0 cm³/mol. The summed E-state index contributed by atoms with van der Waals surface area (Å²) in [6.45, 7) is 3.14. The summed E-state index contributed by atoms with van der Waals surface area (Å²) in [7, 11) is 0. The Morgan fingerprint density at radius 1 is 1.29 bits per heavy atom. The lowest BCUT2D eigenvalue weighted by atomic mass is 9.95. The van der Waals surface area contributed by atoms with E-state index in [9.17, 15) is 9.90 Å². The van der Waals surface area contributed by atoms with E-state index in [1.54, 1.807) is 11.3 Å². The summed E-state index contributed by atoms with van der Waals surface area (Å²) in [6.07, 6.45) is 1.49. The van der Waals surface area contributed by atoms with Crippen LogP contribution >= 0.6 is 11.3 Å². The number of aliphatic hydroxyl groups is 1. The van der Waals surface area contributed by atoms with Crippen LogP contribution in [0.4, 0.5) is 10.5 Å². The van der Waals surface area contributed by atoms with Crippen LogP contribution < -0.4 is 15.4 Å². The monoisotopic (exact) mass is 348 g/mol. The first kappa shape index (κ1) is 18.3. The molecule has 24 heavy (non-hydrogen) atoms. The number of carbonyl (C=O) groups is 1. The first-order chi connectivity index (χ1) is 11.7. The number of carbonyl (C=O) groups excluding carboxylic acids is 1. The van der Waals surface area contributed by atoms with E-state index < -0.39 is 0 Å². The maximum atomic E-state index is 12.1. The van der Waals surface area contributed by atoms with Gasteiger partial charge in [0.25, 0.3) is 0 Å². The maximum absolute atomic E-state index is 12.1. The van der Waals surface area contributed by atoms with Crippen LogP contribution in [0.25, 0.3) is 0 Å². The Labute approximate surface area is 146 Å². The first-order valence-electron chi connectivity index (χ1n) is 8.14. The van der Waals surface area contributed by atoms with Gasteiger partial charge in [0.1, 0.15) is 5.75 Å². The normalized spacial score (nSPS) is 11.8. The molecule has 1 aromatic heterocycles. The van der Waals surface area contributed by atoms with Crippen molar-refractivity contribution in [1.82, 2.24) is 5.32 Å². The fourth-order valence-corrected chi connectivity index (χ4v) is 3.26. The van der Waals surface area contributed by atoms with Crippen molar-refractivity contribution in [2.75, 3.05) is 25.1 Å². The summed E-state index contributed by atoms with van der Waals surface area (Å²) in [6, 6.07) is 9.18. The molecule has 0 aliphatic carbocycles. The zero-order valence-electron chi connectivity index (χ0n) is 13.8. The molecule has 0 aliphatic heterocycles. The van der Waals surface area contributed by atoms with Crippen molar-refractivity contribution in [3.8, 4) is 5.75 Å². The number of urea groups is 1. The van der Waals surface area contributed by atoms with Gasteiger partial charge in [0.2, 0.25) is 0 Å². The van der Waals surface area contributed by atoms with Gasteiger partial charge in [-0.25, -0.2) is 4.79 Å². The van der Waals surface area contributed by atoms with Gasteiger partial charge in [-0.1, -0.05) is 12.1 Å². The van der Waals surface area contributed by atoms with Crippen molar-refractivity contribution in [2.24, 2.45) is 0 Å². The molecule has 1 atom stereocenters. The highest BCUT2D eigenvalue weighted by Crippen LogP contribution is 2.25. The van der Waals surface area contributed by atoms with E-state index in [2.05, 4.69) is 22.1 Å². The lowest BCUT2D eigenvalue weighted by molar-refractivity contribution is 0.250. The summed E-state index contributed by atoms with van der Waals surface area (Å²) in [5, 5.41) is 19.0. The second-order valence-electron chi connectivity index (χ2n) is 5.36. The number of hydrogen-bond donors (Lipinski definition) is 3. The Hall–Kier alpha value is -2.05. The van der Waals surface area contributed by atoms with E-state index in [4.69, 9.17) is 4.74 Å². The van der Waals surface area contributed by atoms with Gasteiger partial charge in [-0.2, -0.15) is 11.3 Å². The summed E-state index contributed by atoms with van der Waals surface area (Å²) in [5.41, 5.74) is 1.87. The van der Waals surface area contributed by atoms with Crippen molar-refractivity contribution >= 4 is 23.1 Å². The van der Waals surface area contributed by atoms with E-state index in [-0.39, 0.29) is 18.6 Å². The van der Waals surface area contributed by atoms with Crippen molar-refractivity contribution in [3.63, 3.8) is 0 Å². The molecular weight excluding hydrogens is 324 g/mol. The molecule has 0 saturated heterocycles. The van der Waals surface area contributed by atoms with Gasteiger partial charge >= 0.3 is 6.03 Å². The largest absolute Gasteiger partial charge is 0.492 e. The molecular formula is C18H24N2O3S. The van der Waals surface area contributed by atoms with Crippen molar-refractivity contribution in [3.05, 3.63) is 46.7 Å². The molecule has 1 heterocycles. The van der Waals surface area contributed by atoms with E-state index in [1.807, 2.05) is 36.6 Å². The van der Waals surface area contributed by atoms with Gasteiger partial charge in [0.15, 0.2) is 0 Å². The van der Waals surface area contributed by atoms with Crippen LogP contribution in [0.5, 0.6) is 5.75 Å². The minimum atomic E-state index is -0.254. The third-order valence-electron chi connectivity index (χ3n) is 3.71. The quantitative estimate of drug-likeness (QED) is 0.645. The van der Waals surface area contributed by atoms with Crippen molar-refractivity contribution in [1.29, 1.82) is 0 Å². The highest BCUT2D eigenvalue weighted by Gasteiger charge is 2.12. The first-order valence-corrected chi connectivity index (χ1v) is 9.08. The van der Waals surface area contributed by atoms with Crippen molar-refractivity contribution in [2.45, 2.75) is 25.7 Å². The smallest absolute Gasteiger partial charge is 0.319 e. The Balaban J connectivity index is 1.82. The molecule has 2 amide bonds. The predicted octanol–water partition coefficient (Wildman–Crippen LogP) is 3.82. The van der Waals surface area contributed by atoms with Gasteiger partial charge in [0.05, 0.1) is 12.3 Å². The zero-order valence-corrected chi connectivity index (χ0v) is 14.6. The molecule has 0 saturated carbocycles. The number of thiophene rings is 1. The average molecular weight is 348 g/mol. The topological polar surface area (TPSA) is 70.6 Å².